The number of hydrogen-bond donors (Lipinski definition) is 0. The number of aromatic nitrogens is 4. The number of rotatable bonds is 5. The predicted molar refractivity (Wildman–Crippen MR) is 83.4 cm³/mol. The van der Waals surface area contributed by atoms with E-state index < -0.39 is 6.67 Å². The van der Waals surface area contributed by atoms with Crippen LogP contribution in [0.4, 0.5) is 8.78 Å². The molecule has 0 radical (unpaired) electrons. The number of halogens is 3. The van der Waals surface area contributed by atoms with Crippen LogP contribution in [0, 0.1) is 5.82 Å². The first-order valence-corrected chi connectivity index (χ1v) is 7.39. The molecule has 0 aliphatic rings. The molecule has 0 spiro atoms. The average molecular weight is 335 g/mol. The van der Waals surface area contributed by atoms with Crippen LogP contribution in [0.3, 0.4) is 0 Å². The van der Waals surface area contributed by atoms with Gasteiger partial charge in [0.15, 0.2) is 0 Å². The molecule has 1 atom stereocenters. The zero-order chi connectivity index (χ0) is 16.2. The van der Waals surface area contributed by atoms with Gasteiger partial charge < -0.3 is 0 Å². The molecule has 0 N–H and O–H groups in total. The SMILES string of the molecule is FCCC(c1ccc(F)cc1)n1cc(-c2ccnc(Cl)n2)cn1. The van der Waals surface area contributed by atoms with Gasteiger partial charge in [-0.15, -0.1) is 0 Å². The second-order valence-corrected chi connectivity index (χ2v) is 5.30. The van der Waals surface area contributed by atoms with Crippen LogP contribution in [0.15, 0.2) is 48.9 Å². The van der Waals surface area contributed by atoms with Crippen molar-refractivity contribution in [3.63, 3.8) is 0 Å². The van der Waals surface area contributed by atoms with Crippen molar-refractivity contribution in [2.24, 2.45) is 0 Å². The van der Waals surface area contributed by atoms with E-state index in [2.05, 4.69) is 15.1 Å². The Kier molecular flexibility index (Phi) is 4.62. The molecule has 118 valence electrons. The van der Waals surface area contributed by atoms with Gasteiger partial charge in [-0.3, -0.25) is 9.07 Å². The van der Waals surface area contributed by atoms with Gasteiger partial charge in [0.1, 0.15) is 5.82 Å². The molecule has 2 aromatic heterocycles. The highest BCUT2D eigenvalue weighted by Crippen LogP contribution is 2.25. The third kappa shape index (κ3) is 3.53. The molecule has 1 unspecified atom stereocenters. The standard InChI is InChI=1S/C16H13ClF2N4/c17-16-20-8-6-14(22-16)12-9-21-23(10-12)15(5-7-18)11-1-3-13(19)4-2-11/h1-4,6,8-10,15H,5,7H2. The van der Waals surface area contributed by atoms with Crippen molar-refractivity contribution in [3.8, 4) is 11.3 Å². The fraction of sp³-hybridized carbons (Fsp3) is 0.188. The molecule has 2 heterocycles. The van der Waals surface area contributed by atoms with Gasteiger partial charge in [0, 0.05) is 24.4 Å². The van der Waals surface area contributed by atoms with E-state index in [1.807, 2.05) is 0 Å². The van der Waals surface area contributed by atoms with Crippen LogP contribution in [-0.2, 0) is 0 Å². The molecular formula is C16H13ClF2N4. The molecule has 7 heteroatoms. The van der Waals surface area contributed by atoms with Crippen LogP contribution >= 0.6 is 11.6 Å². The Hall–Kier alpha value is -2.34. The predicted octanol–water partition coefficient (Wildman–Crippen LogP) is 4.08. The van der Waals surface area contributed by atoms with Crippen LogP contribution in [0.1, 0.15) is 18.0 Å². The monoisotopic (exact) mass is 334 g/mol. The van der Waals surface area contributed by atoms with Crippen molar-refractivity contribution in [2.45, 2.75) is 12.5 Å². The molecule has 0 bridgehead atoms. The lowest BCUT2D eigenvalue weighted by molar-refractivity contribution is 0.395. The van der Waals surface area contributed by atoms with Crippen molar-refractivity contribution in [1.82, 2.24) is 19.7 Å². The highest BCUT2D eigenvalue weighted by molar-refractivity contribution is 6.28. The summed E-state index contributed by atoms with van der Waals surface area (Å²) < 4.78 is 27.7. The first-order valence-electron chi connectivity index (χ1n) is 7.02. The zero-order valence-corrected chi connectivity index (χ0v) is 12.8. The van der Waals surface area contributed by atoms with E-state index in [0.29, 0.717) is 5.69 Å². The van der Waals surface area contributed by atoms with Gasteiger partial charge in [0.05, 0.1) is 24.6 Å². The maximum Gasteiger partial charge on any atom is 0.222 e. The first-order chi connectivity index (χ1) is 11.2. The smallest absolute Gasteiger partial charge is 0.222 e. The number of hydrogen-bond acceptors (Lipinski definition) is 3. The van der Waals surface area contributed by atoms with Crippen LogP contribution in [0.25, 0.3) is 11.3 Å². The highest BCUT2D eigenvalue weighted by Gasteiger charge is 2.16. The third-order valence-corrected chi connectivity index (χ3v) is 3.66. The second kappa shape index (κ2) is 6.83. The van der Waals surface area contributed by atoms with Gasteiger partial charge >= 0.3 is 0 Å². The topological polar surface area (TPSA) is 43.6 Å². The van der Waals surface area contributed by atoms with E-state index in [9.17, 15) is 8.78 Å². The number of nitrogens with zero attached hydrogens (tertiary/aromatic N) is 4. The van der Waals surface area contributed by atoms with Gasteiger partial charge in [0.25, 0.3) is 0 Å². The van der Waals surface area contributed by atoms with Gasteiger partial charge in [-0.25, -0.2) is 14.4 Å². The summed E-state index contributed by atoms with van der Waals surface area (Å²) in [4.78, 5) is 7.96. The molecule has 0 aliphatic carbocycles. The summed E-state index contributed by atoms with van der Waals surface area (Å²) in [5.41, 5.74) is 2.18. The summed E-state index contributed by atoms with van der Waals surface area (Å²) in [5, 5.41) is 4.44. The third-order valence-electron chi connectivity index (χ3n) is 3.48. The molecule has 0 aliphatic heterocycles. The molecule has 23 heavy (non-hydrogen) atoms. The lowest BCUT2D eigenvalue weighted by Gasteiger charge is -2.16. The van der Waals surface area contributed by atoms with E-state index in [0.717, 1.165) is 11.1 Å². The Labute approximate surface area is 136 Å². The Balaban J connectivity index is 1.93. The molecule has 3 aromatic rings. The zero-order valence-electron chi connectivity index (χ0n) is 12.0. The van der Waals surface area contributed by atoms with E-state index in [4.69, 9.17) is 11.6 Å². The van der Waals surface area contributed by atoms with Crippen LogP contribution in [0.5, 0.6) is 0 Å². The van der Waals surface area contributed by atoms with Gasteiger partial charge in [0.2, 0.25) is 5.28 Å². The lowest BCUT2D eigenvalue weighted by atomic mass is 10.0. The summed E-state index contributed by atoms with van der Waals surface area (Å²) in [6.07, 6.45) is 5.20. The van der Waals surface area contributed by atoms with E-state index >= 15 is 0 Å². The molecule has 0 saturated carbocycles. The molecule has 4 nitrogen and oxygen atoms in total. The highest BCUT2D eigenvalue weighted by atomic mass is 35.5. The summed E-state index contributed by atoms with van der Waals surface area (Å²) >= 11 is 5.79. The molecule has 0 amide bonds. The van der Waals surface area contributed by atoms with Crippen LogP contribution in [0.2, 0.25) is 5.28 Å². The van der Waals surface area contributed by atoms with Crippen molar-refractivity contribution in [3.05, 3.63) is 65.6 Å². The van der Waals surface area contributed by atoms with Gasteiger partial charge in [-0.2, -0.15) is 5.10 Å². The van der Waals surface area contributed by atoms with Gasteiger partial charge in [-0.1, -0.05) is 12.1 Å². The van der Waals surface area contributed by atoms with Crippen molar-refractivity contribution < 1.29 is 8.78 Å². The summed E-state index contributed by atoms with van der Waals surface area (Å²) in [6.45, 7) is -0.503. The van der Waals surface area contributed by atoms with Crippen LogP contribution in [-0.4, -0.2) is 26.4 Å². The summed E-state index contributed by atoms with van der Waals surface area (Å²) in [6, 6.07) is 7.39. The Morgan fingerprint density at radius 3 is 2.65 bits per heavy atom. The summed E-state index contributed by atoms with van der Waals surface area (Å²) in [5.74, 6) is -0.329. The molecule has 0 fully saturated rings. The fourth-order valence-corrected chi connectivity index (χ4v) is 2.52. The van der Waals surface area contributed by atoms with Crippen molar-refractivity contribution in [2.75, 3.05) is 6.67 Å². The van der Waals surface area contributed by atoms with Crippen LogP contribution < -0.4 is 0 Å². The van der Waals surface area contributed by atoms with E-state index in [1.54, 1.807) is 41.5 Å². The minimum Gasteiger partial charge on any atom is -0.264 e. The molecule has 0 saturated heterocycles. The number of alkyl halides is 1. The normalized spacial score (nSPS) is 12.3. The van der Waals surface area contributed by atoms with E-state index in [1.165, 1.54) is 12.1 Å². The van der Waals surface area contributed by atoms with Gasteiger partial charge in [-0.05, 0) is 35.4 Å². The molecule has 1 aromatic carbocycles. The van der Waals surface area contributed by atoms with Crippen molar-refractivity contribution in [1.29, 1.82) is 0 Å². The first kappa shape index (κ1) is 15.6. The molecular weight excluding hydrogens is 322 g/mol. The quantitative estimate of drug-likeness (QED) is 0.660. The lowest BCUT2D eigenvalue weighted by Crippen LogP contribution is -2.12. The Bertz CT molecular complexity index is 789. The second-order valence-electron chi connectivity index (χ2n) is 4.96. The van der Waals surface area contributed by atoms with E-state index in [-0.39, 0.29) is 23.6 Å². The average Bonchev–Trinajstić information content (AvgIpc) is 3.03. The molecule has 3 rings (SSSR count). The largest absolute Gasteiger partial charge is 0.264 e. The maximum absolute atomic E-state index is 13.1. The summed E-state index contributed by atoms with van der Waals surface area (Å²) in [7, 11) is 0. The minimum absolute atomic E-state index is 0.147. The maximum atomic E-state index is 13.1. The number of benzene rings is 1. The Morgan fingerprint density at radius 1 is 1.17 bits per heavy atom. The minimum atomic E-state index is -0.503. The Morgan fingerprint density at radius 2 is 1.96 bits per heavy atom. The fourth-order valence-electron chi connectivity index (χ4n) is 2.38. The van der Waals surface area contributed by atoms with Crippen molar-refractivity contribution >= 4 is 11.6 Å².